The molecule has 1 saturated heterocycles. The van der Waals surface area contributed by atoms with Gasteiger partial charge in [-0.2, -0.15) is 0 Å². The van der Waals surface area contributed by atoms with Crippen LogP contribution in [0.15, 0.2) is 0 Å². The van der Waals surface area contributed by atoms with Crippen molar-refractivity contribution in [3.63, 3.8) is 0 Å². The van der Waals surface area contributed by atoms with Crippen molar-refractivity contribution >= 4 is 11.8 Å². The van der Waals surface area contributed by atoms with Crippen molar-refractivity contribution in [1.29, 1.82) is 0 Å². The lowest BCUT2D eigenvalue weighted by Gasteiger charge is -2.40. The summed E-state index contributed by atoms with van der Waals surface area (Å²) >= 11 is 0. The zero-order chi connectivity index (χ0) is 15.6. The van der Waals surface area contributed by atoms with Gasteiger partial charge in [0.2, 0.25) is 11.8 Å². The summed E-state index contributed by atoms with van der Waals surface area (Å²) in [5.74, 6) is 0.149. The Labute approximate surface area is 122 Å². The second-order valence-corrected chi connectivity index (χ2v) is 7.00. The maximum Gasteiger partial charge on any atom is 0.242 e. The molecule has 1 heterocycles. The van der Waals surface area contributed by atoms with E-state index in [9.17, 15) is 9.59 Å². The van der Waals surface area contributed by atoms with Gasteiger partial charge in [-0.25, -0.2) is 0 Å². The zero-order valence-electron chi connectivity index (χ0n) is 13.5. The highest BCUT2D eigenvalue weighted by atomic mass is 16.2. The Kier molecular flexibility index (Phi) is 5.19. The van der Waals surface area contributed by atoms with Crippen LogP contribution < -0.4 is 5.73 Å². The SMILES string of the molecule is CCCC(C)(N)C(=O)N1CCN(C(=O)C(C)(C)C)CC1. The highest BCUT2D eigenvalue weighted by Gasteiger charge is 2.35. The monoisotopic (exact) mass is 283 g/mol. The lowest BCUT2D eigenvalue weighted by Crippen LogP contribution is -2.59. The van der Waals surface area contributed by atoms with E-state index in [2.05, 4.69) is 0 Å². The number of carbonyl (C=O) groups excluding carboxylic acids is 2. The molecule has 2 N–H and O–H groups in total. The number of rotatable bonds is 3. The van der Waals surface area contributed by atoms with Crippen LogP contribution in [-0.4, -0.2) is 53.3 Å². The summed E-state index contributed by atoms with van der Waals surface area (Å²) in [5, 5.41) is 0. The van der Waals surface area contributed by atoms with Gasteiger partial charge in [0.05, 0.1) is 5.54 Å². The zero-order valence-corrected chi connectivity index (χ0v) is 13.5. The predicted molar refractivity (Wildman–Crippen MR) is 80.1 cm³/mol. The maximum absolute atomic E-state index is 12.4. The highest BCUT2D eigenvalue weighted by molar-refractivity contribution is 5.86. The first-order valence-electron chi connectivity index (χ1n) is 7.47. The van der Waals surface area contributed by atoms with Gasteiger partial charge in [-0.3, -0.25) is 9.59 Å². The normalized spacial score (nSPS) is 19.7. The Morgan fingerprint density at radius 3 is 1.70 bits per heavy atom. The molecule has 2 amide bonds. The quantitative estimate of drug-likeness (QED) is 0.847. The van der Waals surface area contributed by atoms with Gasteiger partial charge < -0.3 is 15.5 Å². The summed E-state index contributed by atoms with van der Waals surface area (Å²) in [6.45, 7) is 12.0. The molecule has 0 bridgehead atoms. The van der Waals surface area contributed by atoms with Crippen LogP contribution in [0.3, 0.4) is 0 Å². The summed E-state index contributed by atoms with van der Waals surface area (Å²) in [6.07, 6.45) is 1.58. The van der Waals surface area contributed by atoms with Crippen LogP contribution in [0.25, 0.3) is 0 Å². The molecule has 1 fully saturated rings. The molecule has 5 nitrogen and oxygen atoms in total. The topological polar surface area (TPSA) is 66.6 Å². The van der Waals surface area contributed by atoms with Crippen molar-refractivity contribution < 1.29 is 9.59 Å². The number of carbonyl (C=O) groups is 2. The van der Waals surface area contributed by atoms with Gasteiger partial charge in [-0.05, 0) is 13.3 Å². The molecule has 0 spiro atoms. The van der Waals surface area contributed by atoms with Gasteiger partial charge in [0.1, 0.15) is 0 Å². The average molecular weight is 283 g/mol. The Balaban J connectivity index is 2.59. The Hall–Kier alpha value is -1.10. The lowest BCUT2D eigenvalue weighted by molar-refractivity contribution is -0.146. The smallest absolute Gasteiger partial charge is 0.242 e. The van der Waals surface area contributed by atoms with Crippen LogP contribution in [0.5, 0.6) is 0 Å². The van der Waals surface area contributed by atoms with E-state index in [0.29, 0.717) is 32.6 Å². The molecule has 0 aliphatic carbocycles. The van der Waals surface area contributed by atoms with E-state index in [1.165, 1.54) is 0 Å². The number of amides is 2. The molecule has 0 aromatic heterocycles. The fourth-order valence-electron chi connectivity index (χ4n) is 2.57. The first kappa shape index (κ1) is 17.0. The molecule has 0 radical (unpaired) electrons. The molecule has 20 heavy (non-hydrogen) atoms. The molecular formula is C15H29N3O2. The fraction of sp³-hybridized carbons (Fsp3) is 0.867. The second-order valence-electron chi connectivity index (χ2n) is 7.00. The largest absolute Gasteiger partial charge is 0.339 e. The molecule has 1 rings (SSSR count). The van der Waals surface area contributed by atoms with Crippen LogP contribution in [0, 0.1) is 5.41 Å². The van der Waals surface area contributed by atoms with Crippen molar-refractivity contribution in [2.24, 2.45) is 11.1 Å². The van der Waals surface area contributed by atoms with Crippen molar-refractivity contribution in [3.05, 3.63) is 0 Å². The number of nitrogens with zero attached hydrogens (tertiary/aromatic N) is 2. The standard InChI is InChI=1S/C15H29N3O2/c1-6-7-15(5,16)13(20)18-10-8-17(9-11-18)12(19)14(2,3)4/h6-11,16H2,1-5H3. The Morgan fingerprint density at radius 1 is 0.950 bits per heavy atom. The average Bonchev–Trinajstić information content (AvgIpc) is 2.36. The molecule has 1 atom stereocenters. The molecule has 0 aromatic rings. The van der Waals surface area contributed by atoms with Crippen LogP contribution in [0.1, 0.15) is 47.5 Å². The Morgan fingerprint density at radius 2 is 1.35 bits per heavy atom. The predicted octanol–water partition coefficient (Wildman–Crippen LogP) is 1.22. The lowest BCUT2D eigenvalue weighted by atomic mass is 9.93. The van der Waals surface area contributed by atoms with Gasteiger partial charge in [0.15, 0.2) is 0 Å². The minimum absolute atomic E-state index is 0.00204. The number of nitrogens with two attached hydrogens (primary N) is 1. The van der Waals surface area contributed by atoms with Crippen molar-refractivity contribution in [3.8, 4) is 0 Å². The van der Waals surface area contributed by atoms with E-state index in [-0.39, 0.29) is 17.2 Å². The van der Waals surface area contributed by atoms with E-state index in [4.69, 9.17) is 5.73 Å². The first-order chi connectivity index (χ1) is 9.09. The highest BCUT2D eigenvalue weighted by Crippen LogP contribution is 2.20. The van der Waals surface area contributed by atoms with Crippen LogP contribution in [0.2, 0.25) is 0 Å². The number of hydrogen-bond acceptors (Lipinski definition) is 3. The van der Waals surface area contributed by atoms with E-state index in [1.54, 1.807) is 11.8 Å². The molecule has 1 aliphatic heterocycles. The number of piperazine rings is 1. The van der Waals surface area contributed by atoms with Gasteiger partial charge in [0, 0.05) is 31.6 Å². The summed E-state index contributed by atoms with van der Waals surface area (Å²) in [7, 11) is 0. The van der Waals surface area contributed by atoms with Crippen molar-refractivity contribution in [2.45, 2.75) is 53.0 Å². The van der Waals surface area contributed by atoms with Crippen molar-refractivity contribution in [1.82, 2.24) is 9.80 Å². The maximum atomic E-state index is 12.4. The molecule has 116 valence electrons. The number of hydrogen-bond donors (Lipinski definition) is 1. The minimum atomic E-state index is -0.787. The van der Waals surface area contributed by atoms with Gasteiger partial charge in [-0.1, -0.05) is 34.1 Å². The van der Waals surface area contributed by atoms with Crippen LogP contribution in [0.4, 0.5) is 0 Å². The van der Waals surface area contributed by atoms with Crippen LogP contribution in [-0.2, 0) is 9.59 Å². The summed E-state index contributed by atoms with van der Waals surface area (Å²) in [6, 6.07) is 0. The molecular weight excluding hydrogens is 254 g/mol. The van der Waals surface area contributed by atoms with Gasteiger partial charge in [-0.15, -0.1) is 0 Å². The first-order valence-corrected chi connectivity index (χ1v) is 7.47. The molecule has 0 aromatic carbocycles. The third-order valence-electron chi connectivity index (χ3n) is 3.75. The van der Waals surface area contributed by atoms with E-state index in [0.717, 1.165) is 6.42 Å². The van der Waals surface area contributed by atoms with Gasteiger partial charge in [0.25, 0.3) is 0 Å². The molecule has 5 heteroatoms. The minimum Gasteiger partial charge on any atom is -0.339 e. The van der Waals surface area contributed by atoms with E-state index < -0.39 is 5.54 Å². The van der Waals surface area contributed by atoms with E-state index in [1.807, 2.05) is 32.6 Å². The third kappa shape index (κ3) is 3.95. The second kappa shape index (κ2) is 6.12. The van der Waals surface area contributed by atoms with Crippen LogP contribution >= 0.6 is 0 Å². The molecule has 0 saturated carbocycles. The van der Waals surface area contributed by atoms with Gasteiger partial charge >= 0.3 is 0 Å². The molecule has 1 unspecified atom stereocenters. The summed E-state index contributed by atoms with van der Waals surface area (Å²) < 4.78 is 0. The summed E-state index contributed by atoms with van der Waals surface area (Å²) in [4.78, 5) is 28.2. The molecule has 1 aliphatic rings. The Bertz CT molecular complexity index is 364. The fourth-order valence-corrected chi connectivity index (χ4v) is 2.57. The summed E-state index contributed by atoms with van der Waals surface area (Å²) in [5.41, 5.74) is 4.94. The van der Waals surface area contributed by atoms with Crippen molar-refractivity contribution in [2.75, 3.05) is 26.2 Å². The van der Waals surface area contributed by atoms with E-state index >= 15 is 0 Å². The third-order valence-corrected chi connectivity index (χ3v) is 3.75.